The minimum absolute atomic E-state index is 0.168. The molecular formula is C14H19N3. The Kier molecular flexibility index (Phi) is 3.69. The topological polar surface area (TPSA) is 62.2 Å². The molecule has 0 radical (unpaired) electrons. The van der Waals surface area contributed by atoms with Gasteiger partial charge in [-0.1, -0.05) is 19.1 Å². The number of nitrogens with zero attached hydrogens (tertiary/aromatic N) is 1. The van der Waals surface area contributed by atoms with Gasteiger partial charge in [0.05, 0.1) is 0 Å². The molecule has 0 bridgehead atoms. The molecule has 3 nitrogen and oxygen atoms in total. The summed E-state index contributed by atoms with van der Waals surface area (Å²) in [5.74, 6) is 0.341. The average Bonchev–Trinajstić information content (AvgIpc) is 2.36. The van der Waals surface area contributed by atoms with Crippen molar-refractivity contribution in [3.63, 3.8) is 0 Å². The molecule has 0 fully saturated rings. The molecule has 90 valence electrons. The second-order valence-corrected chi connectivity index (χ2v) is 4.48. The maximum Gasteiger partial charge on any atom is 0.151 e. The third-order valence-corrected chi connectivity index (χ3v) is 3.18. The van der Waals surface area contributed by atoms with E-state index in [1.165, 1.54) is 11.1 Å². The zero-order valence-corrected chi connectivity index (χ0v) is 10.2. The summed E-state index contributed by atoms with van der Waals surface area (Å²) < 4.78 is 0. The Morgan fingerprint density at radius 2 is 2.41 bits per heavy atom. The van der Waals surface area contributed by atoms with Crippen LogP contribution in [-0.2, 0) is 6.42 Å². The van der Waals surface area contributed by atoms with Crippen molar-refractivity contribution in [1.29, 1.82) is 5.41 Å². The number of fused-ring (bicyclic) bond motifs is 1. The van der Waals surface area contributed by atoms with Gasteiger partial charge in [0.25, 0.3) is 0 Å². The Morgan fingerprint density at radius 1 is 1.59 bits per heavy atom. The lowest BCUT2D eigenvalue weighted by atomic mass is 9.87. The SMILES string of the molecule is CCC=NC(=N)c1ccc2c(c1)CCCC2N. The van der Waals surface area contributed by atoms with Crippen molar-refractivity contribution in [3.05, 3.63) is 34.9 Å². The van der Waals surface area contributed by atoms with E-state index in [9.17, 15) is 0 Å². The number of rotatable bonds is 2. The van der Waals surface area contributed by atoms with E-state index in [0.717, 1.165) is 31.2 Å². The van der Waals surface area contributed by atoms with Crippen molar-refractivity contribution in [2.45, 2.75) is 38.6 Å². The van der Waals surface area contributed by atoms with Crippen LogP contribution >= 0.6 is 0 Å². The second-order valence-electron chi connectivity index (χ2n) is 4.48. The second kappa shape index (κ2) is 5.23. The van der Waals surface area contributed by atoms with E-state index >= 15 is 0 Å². The largest absolute Gasteiger partial charge is 0.324 e. The Balaban J connectivity index is 2.27. The van der Waals surface area contributed by atoms with E-state index in [-0.39, 0.29) is 6.04 Å². The molecule has 1 aliphatic carbocycles. The lowest BCUT2D eigenvalue weighted by Gasteiger charge is -2.22. The Morgan fingerprint density at radius 3 is 3.18 bits per heavy atom. The predicted molar refractivity (Wildman–Crippen MR) is 71.9 cm³/mol. The number of aliphatic imine (C=N–C) groups is 1. The first-order valence-corrected chi connectivity index (χ1v) is 6.22. The molecule has 0 aliphatic heterocycles. The predicted octanol–water partition coefficient (Wildman–Crippen LogP) is 2.83. The summed E-state index contributed by atoms with van der Waals surface area (Å²) in [7, 11) is 0. The summed E-state index contributed by atoms with van der Waals surface area (Å²) in [6.07, 6.45) is 5.91. The molecule has 1 aromatic carbocycles. The normalized spacial score (nSPS) is 19.3. The van der Waals surface area contributed by atoms with Gasteiger partial charge in [-0.05, 0) is 42.9 Å². The van der Waals surface area contributed by atoms with Crippen LogP contribution in [-0.4, -0.2) is 12.1 Å². The van der Waals surface area contributed by atoms with E-state index in [4.69, 9.17) is 11.1 Å². The summed E-state index contributed by atoms with van der Waals surface area (Å²) in [5.41, 5.74) is 9.49. The zero-order valence-electron chi connectivity index (χ0n) is 10.2. The fourth-order valence-electron chi connectivity index (χ4n) is 2.26. The maximum absolute atomic E-state index is 7.87. The fraction of sp³-hybridized carbons (Fsp3) is 0.429. The number of hydrogen-bond acceptors (Lipinski definition) is 2. The van der Waals surface area contributed by atoms with E-state index in [0.29, 0.717) is 5.84 Å². The van der Waals surface area contributed by atoms with E-state index < -0.39 is 0 Å². The summed E-state index contributed by atoms with van der Waals surface area (Å²) in [4.78, 5) is 4.11. The molecule has 0 heterocycles. The molecule has 3 heteroatoms. The first-order chi connectivity index (χ1) is 8.22. The molecule has 0 aromatic heterocycles. The number of hydrogen-bond donors (Lipinski definition) is 2. The van der Waals surface area contributed by atoms with Gasteiger partial charge in [-0.3, -0.25) is 5.41 Å². The number of benzene rings is 1. The van der Waals surface area contributed by atoms with Gasteiger partial charge in [-0.15, -0.1) is 0 Å². The van der Waals surface area contributed by atoms with Crippen molar-refractivity contribution in [2.24, 2.45) is 10.7 Å². The van der Waals surface area contributed by atoms with Gasteiger partial charge < -0.3 is 5.73 Å². The molecule has 17 heavy (non-hydrogen) atoms. The lowest BCUT2D eigenvalue weighted by Crippen LogP contribution is -2.17. The number of nitrogens with one attached hydrogen (secondary N) is 1. The van der Waals surface area contributed by atoms with Gasteiger partial charge in [0.1, 0.15) is 0 Å². The highest BCUT2D eigenvalue weighted by Crippen LogP contribution is 2.28. The minimum atomic E-state index is 0.168. The van der Waals surface area contributed by atoms with Crippen molar-refractivity contribution in [1.82, 2.24) is 0 Å². The van der Waals surface area contributed by atoms with Crippen LogP contribution in [0.1, 0.15) is 48.9 Å². The molecule has 0 saturated heterocycles. The van der Waals surface area contributed by atoms with E-state index in [1.54, 1.807) is 6.21 Å². The van der Waals surface area contributed by atoms with Crippen LogP contribution < -0.4 is 5.73 Å². The van der Waals surface area contributed by atoms with Crippen LogP contribution in [0, 0.1) is 5.41 Å². The van der Waals surface area contributed by atoms with Gasteiger partial charge >= 0.3 is 0 Å². The van der Waals surface area contributed by atoms with Crippen molar-refractivity contribution >= 4 is 12.1 Å². The highest BCUT2D eigenvalue weighted by molar-refractivity contribution is 6.01. The maximum atomic E-state index is 7.87. The van der Waals surface area contributed by atoms with Crippen LogP contribution in [0.5, 0.6) is 0 Å². The van der Waals surface area contributed by atoms with Crippen molar-refractivity contribution < 1.29 is 0 Å². The third-order valence-electron chi connectivity index (χ3n) is 3.18. The minimum Gasteiger partial charge on any atom is -0.324 e. The van der Waals surface area contributed by atoms with Crippen molar-refractivity contribution in [3.8, 4) is 0 Å². The van der Waals surface area contributed by atoms with Crippen LogP contribution in [0.4, 0.5) is 0 Å². The first-order valence-electron chi connectivity index (χ1n) is 6.22. The molecule has 0 saturated carbocycles. The first kappa shape index (κ1) is 12.0. The Hall–Kier alpha value is -1.48. The average molecular weight is 229 g/mol. The van der Waals surface area contributed by atoms with Crippen LogP contribution in [0.2, 0.25) is 0 Å². The highest BCUT2D eigenvalue weighted by Gasteiger charge is 2.17. The summed E-state index contributed by atoms with van der Waals surface area (Å²) in [6, 6.07) is 6.26. The third kappa shape index (κ3) is 2.61. The Bertz CT molecular complexity index is 449. The van der Waals surface area contributed by atoms with E-state index in [1.807, 2.05) is 13.0 Å². The van der Waals surface area contributed by atoms with Gasteiger partial charge in [-0.2, -0.15) is 0 Å². The van der Waals surface area contributed by atoms with Crippen LogP contribution in [0.3, 0.4) is 0 Å². The molecule has 1 aliphatic rings. The van der Waals surface area contributed by atoms with Gasteiger partial charge in [0, 0.05) is 17.8 Å². The van der Waals surface area contributed by atoms with E-state index in [2.05, 4.69) is 17.1 Å². The molecule has 0 amide bonds. The summed E-state index contributed by atoms with van der Waals surface area (Å²) in [6.45, 7) is 2.02. The molecule has 3 N–H and O–H groups in total. The van der Waals surface area contributed by atoms with Crippen LogP contribution in [0.25, 0.3) is 0 Å². The Labute approximate surface area is 102 Å². The molecule has 0 spiro atoms. The zero-order chi connectivity index (χ0) is 12.3. The highest BCUT2D eigenvalue weighted by atomic mass is 14.8. The van der Waals surface area contributed by atoms with Gasteiger partial charge in [0.15, 0.2) is 5.84 Å². The summed E-state index contributed by atoms with van der Waals surface area (Å²) in [5, 5.41) is 7.87. The monoisotopic (exact) mass is 229 g/mol. The number of amidine groups is 1. The summed E-state index contributed by atoms with van der Waals surface area (Å²) >= 11 is 0. The molecule has 1 aromatic rings. The quantitative estimate of drug-likeness (QED) is 0.594. The molecule has 1 unspecified atom stereocenters. The lowest BCUT2D eigenvalue weighted by molar-refractivity contribution is 0.570. The molecular weight excluding hydrogens is 210 g/mol. The smallest absolute Gasteiger partial charge is 0.151 e. The van der Waals surface area contributed by atoms with Crippen molar-refractivity contribution in [2.75, 3.05) is 0 Å². The number of nitrogens with two attached hydrogens (primary N) is 1. The van der Waals surface area contributed by atoms with Crippen LogP contribution in [0.15, 0.2) is 23.2 Å². The fourth-order valence-corrected chi connectivity index (χ4v) is 2.26. The standard InChI is InChI=1S/C14H19N3/c1-2-8-17-14(16)11-6-7-12-10(9-11)4-3-5-13(12)15/h6-9,13,16H,2-5,15H2,1H3. The number of aryl methyl sites for hydroxylation is 1. The van der Waals surface area contributed by atoms with Gasteiger partial charge in [0.2, 0.25) is 0 Å². The molecule has 1 atom stereocenters. The van der Waals surface area contributed by atoms with Gasteiger partial charge in [-0.25, -0.2) is 4.99 Å². The molecule has 2 rings (SSSR count).